The Kier molecular flexibility index (Phi) is 31.0. The maximum absolute atomic E-state index is 13.8. The molecule has 3 unspecified atom stereocenters. The average Bonchev–Trinajstić information content (AvgIpc) is 3.75. The monoisotopic (exact) mass is 931 g/mol. The molecule has 3 atom stereocenters. The second kappa shape index (κ2) is 34.9. The number of hydrogen-bond donors (Lipinski definition) is 1. The standard InChI is InChI=1S/C54H90O12/c1-7-10-12-14-16-18-20-22-24-26-28-30-40-61-50(59)47-48(51(60)62-41-31-29-27-25-23-21-19-17-15-13-11-8-2)65-52(64-47)44-37-35-43(36-38-44)49(58)54(6,9-3)63-42-39-53(4,5)66-46(57)34-32-33-45(55)56/h35-38,47-48,52H,7-34,39-42H2,1-6H3,(H,55,56). The fourth-order valence-electron chi connectivity index (χ4n) is 8.09. The fraction of sp³-hybridized carbons (Fsp3) is 0.796. The van der Waals surface area contributed by atoms with Crippen LogP contribution in [0.15, 0.2) is 24.3 Å². The summed E-state index contributed by atoms with van der Waals surface area (Å²) in [6, 6.07) is 6.64. The molecule has 1 aromatic carbocycles. The van der Waals surface area contributed by atoms with Crippen LogP contribution in [0.25, 0.3) is 0 Å². The Balaban J connectivity index is 1.95. The second-order valence-corrected chi connectivity index (χ2v) is 19.2. The Bertz CT molecular complexity index is 1440. The van der Waals surface area contributed by atoms with Crippen molar-refractivity contribution >= 4 is 29.7 Å². The predicted octanol–water partition coefficient (Wildman–Crippen LogP) is 13.3. The number of carboxylic acids is 1. The largest absolute Gasteiger partial charge is 0.481 e. The number of ketones is 1. The minimum atomic E-state index is -1.30. The maximum atomic E-state index is 13.8. The molecule has 12 nitrogen and oxygen atoms in total. The molecule has 2 rings (SSSR count). The number of benzene rings is 1. The van der Waals surface area contributed by atoms with E-state index < -0.39 is 53.6 Å². The number of carboxylic acid groups (broad SMARTS) is 1. The molecule has 0 saturated carbocycles. The molecule has 378 valence electrons. The Hall–Kier alpha value is -3.35. The smallest absolute Gasteiger partial charge is 0.338 e. The number of unbranched alkanes of at least 4 members (excludes halogenated alkanes) is 22. The van der Waals surface area contributed by atoms with Crippen molar-refractivity contribution in [1.29, 1.82) is 0 Å². The summed E-state index contributed by atoms with van der Waals surface area (Å²) < 4.78 is 35.2. The van der Waals surface area contributed by atoms with E-state index in [1.54, 1.807) is 45.0 Å². The van der Waals surface area contributed by atoms with E-state index in [-0.39, 0.29) is 44.9 Å². The fourth-order valence-corrected chi connectivity index (χ4v) is 8.09. The van der Waals surface area contributed by atoms with Crippen molar-refractivity contribution in [3.8, 4) is 0 Å². The minimum absolute atomic E-state index is 0.00315. The van der Waals surface area contributed by atoms with Crippen LogP contribution >= 0.6 is 0 Å². The normalized spacial score (nSPS) is 17.0. The molecule has 0 amide bonds. The first-order chi connectivity index (χ1) is 31.8. The van der Waals surface area contributed by atoms with Crippen molar-refractivity contribution in [2.75, 3.05) is 19.8 Å². The number of rotatable bonds is 41. The summed E-state index contributed by atoms with van der Waals surface area (Å²) in [5, 5.41) is 8.84. The molecular formula is C54H90O12. The summed E-state index contributed by atoms with van der Waals surface area (Å²) in [5.41, 5.74) is -1.14. The highest BCUT2D eigenvalue weighted by molar-refractivity contribution is 6.02. The number of carbonyl (C=O) groups excluding carboxylic acids is 4. The molecule has 12 heteroatoms. The first kappa shape index (κ1) is 58.8. The van der Waals surface area contributed by atoms with Gasteiger partial charge in [0.15, 0.2) is 24.3 Å². The van der Waals surface area contributed by atoms with E-state index in [1.807, 2.05) is 6.92 Å². The van der Waals surface area contributed by atoms with E-state index in [0.717, 1.165) is 38.5 Å². The molecule has 1 heterocycles. The number of esters is 3. The van der Waals surface area contributed by atoms with E-state index >= 15 is 0 Å². The summed E-state index contributed by atoms with van der Waals surface area (Å²) in [6.07, 6.45) is 25.8. The van der Waals surface area contributed by atoms with E-state index in [4.69, 9.17) is 33.5 Å². The van der Waals surface area contributed by atoms with Crippen LogP contribution in [0.5, 0.6) is 0 Å². The van der Waals surface area contributed by atoms with E-state index in [0.29, 0.717) is 24.0 Å². The van der Waals surface area contributed by atoms with Crippen LogP contribution in [-0.2, 0) is 47.6 Å². The minimum Gasteiger partial charge on any atom is -0.481 e. The summed E-state index contributed by atoms with van der Waals surface area (Å²) in [7, 11) is 0. The molecule has 1 N–H and O–H groups in total. The van der Waals surface area contributed by atoms with Gasteiger partial charge in [0.1, 0.15) is 11.2 Å². The lowest BCUT2D eigenvalue weighted by molar-refractivity contribution is -0.163. The second-order valence-electron chi connectivity index (χ2n) is 19.2. The quantitative estimate of drug-likeness (QED) is 0.0287. The molecule has 1 aliphatic heterocycles. The van der Waals surface area contributed by atoms with Crippen LogP contribution in [0, 0.1) is 0 Å². The Labute approximate surface area is 398 Å². The van der Waals surface area contributed by atoms with Gasteiger partial charge in [0.25, 0.3) is 0 Å². The number of carbonyl (C=O) groups is 5. The molecule has 66 heavy (non-hydrogen) atoms. The van der Waals surface area contributed by atoms with Crippen molar-refractivity contribution in [2.24, 2.45) is 0 Å². The van der Waals surface area contributed by atoms with Gasteiger partial charge in [0.05, 0.1) is 19.8 Å². The Morgan fingerprint density at radius 2 is 0.955 bits per heavy atom. The molecule has 0 bridgehead atoms. The first-order valence-electron chi connectivity index (χ1n) is 26.1. The molecule has 1 aromatic rings. The molecule has 0 aromatic heterocycles. The van der Waals surface area contributed by atoms with Crippen molar-refractivity contribution in [3.05, 3.63) is 35.4 Å². The van der Waals surface area contributed by atoms with Crippen molar-refractivity contribution in [3.63, 3.8) is 0 Å². The third-order valence-electron chi connectivity index (χ3n) is 12.7. The Morgan fingerprint density at radius 1 is 0.545 bits per heavy atom. The summed E-state index contributed by atoms with van der Waals surface area (Å²) >= 11 is 0. The van der Waals surface area contributed by atoms with Gasteiger partial charge < -0.3 is 33.5 Å². The molecule has 1 aliphatic rings. The first-order valence-corrected chi connectivity index (χ1v) is 26.1. The number of Topliss-reactive ketones (excluding diaryl/α,β-unsaturated/α-hetero) is 1. The van der Waals surface area contributed by atoms with Crippen molar-refractivity contribution in [1.82, 2.24) is 0 Å². The van der Waals surface area contributed by atoms with Crippen LogP contribution in [0.2, 0.25) is 0 Å². The SMILES string of the molecule is CCCCCCCCCCCCCCOC(=O)C1OC(c2ccc(C(=O)C(C)(CC)OCCC(C)(C)OC(=O)CCCC(=O)O)cc2)OC1C(=O)OCCCCCCCCCCCCCC. The van der Waals surface area contributed by atoms with Gasteiger partial charge in [-0.05, 0) is 46.5 Å². The van der Waals surface area contributed by atoms with Gasteiger partial charge in [-0.3, -0.25) is 14.4 Å². The highest BCUT2D eigenvalue weighted by atomic mass is 16.8. The summed E-state index contributed by atoms with van der Waals surface area (Å²) in [5.74, 6) is -3.02. The highest BCUT2D eigenvalue weighted by Gasteiger charge is 2.48. The van der Waals surface area contributed by atoms with Gasteiger partial charge in [0.2, 0.25) is 0 Å². The van der Waals surface area contributed by atoms with Crippen LogP contribution in [0.3, 0.4) is 0 Å². The highest BCUT2D eigenvalue weighted by Crippen LogP contribution is 2.34. The number of hydrogen-bond acceptors (Lipinski definition) is 11. The summed E-state index contributed by atoms with van der Waals surface area (Å²) in [6.45, 7) is 12.2. The number of ether oxygens (including phenoxy) is 6. The maximum Gasteiger partial charge on any atom is 0.338 e. The van der Waals surface area contributed by atoms with Crippen LogP contribution < -0.4 is 0 Å². The molecule has 0 aliphatic carbocycles. The summed E-state index contributed by atoms with van der Waals surface area (Å²) in [4.78, 5) is 63.7. The zero-order valence-electron chi connectivity index (χ0n) is 42.1. The van der Waals surface area contributed by atoms with Gasteiger partial charge in [-0.25, -0.2) is 9.59 Å². The zero-order chi connectivity index (χ0) is 48.5. The third kappa shape index (κ3) is 25.1. The van der Waals surface area contributed by atoms with Crippen molar-refractivity contribution in [2.45, 2.75) is 257 Å². The zero-order valence-corrected chi connectivity index (χ0v) is 42.1. The van der Waals surface area contributed by atoms with Crippen molar-refractivity contribution < 1.29 is 57.5 Å². The van der Waals surface area contributed by atoms with Gasteiger partial charge in [-0.15, -0.1) is 0 Å². The molecule has 1 fully saturated rings. The average molecular weight is 931 g/mol. The van der Waals surface area contributed by atoms with Crippen LogP contribution in [-0.4, -0.2) is 78.0 Å². The molecule has 0 spiro atoms. The van der Waals surface area contributed by atoms with E-state index in [1.165, 1.54) is 116 Å². The number of aliphatic carboxylic acids is 1. The van der Waals surface area contributed by atoms with E-state index in [9.17, 15) is 24.0 Å². The molecule has 1 saturated heterocycles. The van der Waals surface area contributed by atoms with E-state index in [2.05, 4.69) is 13.8 Å². The molecular weight excluding hydrogens is 841 g/mol. The van der Waals surface area contributed by atoms with Crippen LogP contribution in [0.1, 0.15) is 250 Å². The van der Waals surface area contributed by atoms with Gasteiger partial charge in [-0.1, -0.05) is 186 Å². The Morgan fingerprint density at radius 3 is 1.35 bits per heavy atom. The third-order valence-corrected chi connectivity index (χ3v) is 12.7. The lowest BCUT2D eigenvalue weighted by Crippen LogP contribution is -2.40. The van der Waals surface area contributed by atoms with Gasteiger partial charge in [-0.2, -0.15) is 0 Å². The predicted molar refractivity (Wildman–Crippen MR) is 258 cm³/mol. The molecule has 0 radical (unpaired) electrons. The van der Waals surface area contributed by atoms with Gasteiger partial charge >= 0.3 is 23.9 Å². The van der Waals surface area contributed by atoms with Crippen LogP contribution in [0.4, 0.5) is 0 Å². The topological polar surface area (TPSA) is 161 Å². The van der Waals surface area contributed by atoms with Gasteiger partial charge in [0, 0.05) is 30.4 Å². The lowest BCUT2D eigenvalue weighted by atomic mass is 9.91. The lowest BCUT2D eigenvalue weighted by Gasteiger charge is -2.30.